The first-order valence-electron chi connectivity index (χ1n) is 7.48. The molecule has 0 aliphatic rings. The van der Waals surface area contributed by atoms with Crippen LogP contribution in [0.4, 0.5) is 0 Å². The van der Waals surface area contributed by atoms with Crippen LogP contribution in [0.15, 0.2) is 12.1 Å². The molecule has 1 rings (SSSR count). The second-order valence-electron chi connectivity index (χ2n) is 6.04. The normalized spacial score (nSPS) is 14.0. The predicted molar refractivity (Wildman–Crippen MR) is 94.5 cm³/mol. The highest BCUT2D eigenvalue weighted by Gasteiger charge is 2.23. The summed E-state index contributed by atoms with van der Waals surface area (Å²) in [5, 5.41) is 1.73. The summed E-state index contributed by atoms with van der Waals surface area (Å²) < 4.78 is 0.809. The molecule has 0 N–H and O–H groups in total. The fraction of sp³-hybridized carbons (Fsp3) is 0.588. The maximum atomic E-state index is 12.5. The Morgan fingerprint density at radius 1 is 1.33 bits per heavy atom. The van der Waals surface area contributed by atoms with Crippen LogP contribution in [0.25, 0.3) is 0 Å². The second kappa shape index (κ2) is 8.30. The van der Waals surface area contributed by atoms with Crippen molar-refractivity contribution in [1.82, 2.24) is 0 Å². The lowest BCUT2D eigenvalue weighted by molar-refractivity contribution is -0.900. The molecular formula is C17H26BrClNO+. The van der Waals surface area contributed by atoms with Crippen molar-refractivity contribution in [2.45, 2.75) is 33.6 Å². The maximum absolute atomic E-state index is 12.5. The van der Waals surface area contributed by atoms with Crippen LogP contribution in [-0.2, 0) is 11.2 Å². The van der Waals surface area contributed by atoms with E-state index in [4.69, 9.17) is 11.6 Å². The number of carbonyl (C=O) groups is 1. The van der Waals surface area contributed by atoms with Gasteiger partial charge in [-0.15, -0.1) is 0 Å². The standard InChI is InChI=1S/C17H26BrClNO/c1-5-20(4,10-6-9-18)12-15(21)11-16-13(2)7-8-17(19)14(16)3/h7-8H,5-6,9-12H2,1-4H3/q+1. The number of halogens is 2. The van der Waals surface area contributed by atoms with E-state index in [0.29, 0.717) is 18.7 Å². The number of hydrogen-bond acceptors (Lipinski definition) is 1. The predicted octanol–water partition coefficient (Wildman–Crippen LogP) is 4.32. The van der Waals surface area contributed by atoms with E-state index in [-0.39, 0.29) is 0 Å². The Hall–Kier alpha value is -0.380. The van der Waals surface area contributed by atoms with Gasteiger partial charge in [0.1, 0.15) is 6.54 Å². The Morgan fingerprint density at radius 2 is 2.00 bits per heavy atom. The smallest absolute Gasteiger partial charge is 0.191 e. The molecule has 0 saturated carbocycles. The molecule has 1 aromatic rings. The fourth-order valence-electron chi connectivity index (χ4n) is 2.60. The number of likely N-dealkylation sites (N-methyl/N-ethyl adjacent to an activating group) is 1. The minimum absolute atomic E-state index is 0.294. The van der Waals surface area contributed by atoms with Gasteiger partial charge in [0.05, 0.1) is 20.1 Å². The molecule has 0 saturated heterocycles. The summed E-state index contributed by atoms with van der Waals surface area (Å²) >= 11 is 9.65. The Balaban J connectivity index is 2.80. The quantitative estimate of drug-likeness (QED) is 0.488. The highest BCUT2D eigenvalue weighted by molar-refractivity contribution is 9.09. The highest BCUT2D eigenvalue weighted by Crippen LogP contribution is 2.23. The van der Waals surface area contributed by atoms with Crippen molar-refractivity contribution < 1.29 is 9.28 Å². The Kier molecular flexibility index (Phi) is 7.38. The van der Waals surface area contributed by atoms with Crippen LogP contribution in [0, 0.1) is 13.8 Å². The minimum Gasteiger partial charge on any atom is -0.320 e. The molecule has 0 spiro atoms. The fourth-order valence-corrected chi connectivity index (χ4v) is 3.03. The molecule has 0 aliphatic carbocycles. The zero-order chi connectivity index (χ0) is 16.0. The van der Waals surface area contributed by atoms with Crippen molar-refractivity contribution >= 4 is 33.3 Å². The van der Waals surface area contributed by atoms with Gasteiger partial charge in [-0.3, -0.25) is 4.79 Å². The summed E-state index contributed by atoms with van der Waals surface area (Å²) in [5.74, 6) is 0.294. The zero-order valence-electron chi connectivity index (χ0n) is 13.5. The van der Waals surface area contributed by atoms with Crippen molar-refractivity contribution in [1.29, 1.82) is 0 Å². The van der Waals surface area contributed by atoms with Crippen LogP contribution < -0.4 is 0 Å². The molecule has 1 aromatic carbocycles. The van der Waals surface area contributed by atoms with Gasteiger partial charge in [0, 0.05) is 23.2 Å². The number of carbonyl (C=O) groups excluding carboxylic acids is 1. The van der Waals surface area contributed by atoms with Crippen molar-refractivity contribution in [3.05, 3.63) is 33.8 Å². The molecule has 1 unspecified atom stereocenters. The van der Waals surface area contributed by atoms with Gasteiger partial charge in [-0.05, 0) is 43.5 Å². The van der Waals surface area contributed by atoms with Crippen LogP contribution in [0.2, 0.25) is 5.02 Å². The lowest BCUT2D eigenvalue weighted by Crippen LogP contribution is -2.48. The van der Waals surface area contributed by atoms with Gasteiger partial charge in [0.15, 0.2) is 5.78 Å². The SMILES string of the molecule is CC[N+](C)(CCCBr)CC(=O)Cc1c(C)ccc(Cl)c1C. The summed E-state index contributed by atoms with van der Waals surface area (Å²) in [6.45, 7) is 8.79. The summed E-state index contributed by atoms with van der Waals surface area (Å²) in [4.78, 5) is 12.5. The van der Waals surface area contributed by atoms with Crippen LogP contribution in [0.3, 0.4) is 0 Å². The summed E-state index contributed by atoms with van der Waals surface area (Å²) in [6, 6.07) is 3.90. The number of rotatable bonds is 8. The summed E-state index contributed by atoms with van der Waals surface area (Å²) in [7, 11) is 2.16. The van der Waals surface area contributed by atoms with E-state index in [1.165, 1.54) is 0 Å². The lowest BCUT2D eigenvalue weighted by Gasteiger charge is -2.32. The molecule has 4 heteroatoms. The molecule has 0 amide bonds. The molecule has 21 heavy (non-hydrogen) atoms. The number of aryl methyl sites for hydroxylation is 1. The molecule has 1 atom stereocenters. The third kappa shape index (κ3) is 5.39. The van der Waals surface area contributed by atoms with Crippen LogP contribution in [0.1, 0.15) is 30.0 Å². The Labute approximate surface area is 142 Å². The van der Waals surface area contributed by atoms with Gasteiger partial charge in [-0.25, -0.2) is 0 Å². The molecule has 0 fully saturated rings. The van der Waals surface area contributed by atoms with Crippen LogP contribution >= 0.6 is 27.5 Å². The molecule has 0 heterocycles. The van der Waals surface area contributed by atoms with E-state index >= 15 is 0 Å². The largest absolute Gasteiger partial charge is 0.320 e. The zero-order valence-corrected chi connectivity index (χ0v) is 15.9. The third-order valence-corrected chi connectivity index (χ3v) is 5.26. The number of Topliss-reactive ketones (excluding diaryl/α,β-unsaturated/α-hetero) is 1. The van der Waals surface area contributed by atoms with Crippen molar-refractivity contribution in [3.63, 3.8) is 0 Å². The average molecular weight is 376 g/mol. The van der Waals surface area contributed by atoms with Gasteiger partial charge < -0.3 is 4.48 Å². The van der Waals surface area contributed by atoms with Crippen molar-refractivity contribution in [2.24, 2.45) is 0 Å². The first-order chi connectivity index (χ1) is 9.83. The third-order valence-electron chi connectivity index (χ3n) is 4.29. The van der Waals surface area contributed by atoms with E-state index in [1.54, 1.807) is 0 Å². The first kappa shape index (κ1) is 18.7. The van der Waals surface area contributed by atoms with E-state index in [9.17, 15) is 4.79 Å². The number of benzene rings is 1. The number of hydrogen-bond donors (Lipinski definition) is 0. The van der Waals surface area contributed by atoms with Crippen LogP contribution in [-0.4, -0.2) is 42.3 Å². The monoisotopic (exact) mass is 374 g/mol. The molecule has 0 aliphatic heterocycles. The Bertz CT molecular complexity index is 504. The molecule has 2 nitrogen and oxygen atoms in total. The summed E-state index contributed by atoms with van der Waals surface area (Å²) in [6.07, 6.45) is 1.58. The van der Waals surface area contributed by atoms with Gasteiger partial charge in [0.2, 0.25) is 0 Å². The molecule has 0 aromatic heterocycles. The van der Waals surface area contributed by atoms with Crippen molar-refractivity contribution in [3.8, 4) is 0 Å². The molecule has 118 valence electrons. The Morgan fingerprint density at radius 3 is 2.57 bits per heavy atom. The second-order valence-corrected chi connectivity index (χ2v) is 7.24. The highest BCUT2D eigenvalue weighted by atomic mass is 79.9. The molecule has 0 bridgehead atoms. The number of quaternary nitrogens is 1. The van der Waals surface area contributed by atoms with E-state index in [2.05, 4.69) is 29.9 Å². The van der Waals surface area contributed by atoms with Gasteiger partial charge in [-0.2, -0.15) is 0 Å². The van der Waals surface area contributed by atoms with E-state index in [0.717, 1.165) is 51.0 Å². The summed E-state index contributed by atoms with van der Waals surface area (Å²) in [5.41, 5.74) is 3.28. The lowest BCUT2D eigenvalue weighted by atomic mass is 9.97. The first-order valence-corrected chi connectivity index (χ1v) is 8.98. The van der Waals surface area contributed by atoms with Crippen LogP contribution in [0.5, 0.6) is 0 Å². The average Bonchev–Trinajstić information content (AvgIpc) is 2.45. The van der Waals surface area contributed by atoms with Gasteiger partial charge in [-0.1, -0.05) is 33.6 Å². The van der Waals surface area contributed by atoms with Gasteiger partial charge >= 0.3 is 0 Å². The van der Waals surface area contributed by atoms with Crippen molar-refractivity contribution in [2.75, 3.05) is 32.0 Å². The molecular weight excluding hydrogens is 350 g/mol. The topological polar surface area (TPSA) is 17.1 Å². The van der Waals surface area contributed by atoms with E-state index in [1.807, 2.05) is 26.0 Å². The molecule has 0 radical (unpaired) electrons. The van der Waals surface area contributed by atoms with Gasteiger partial charge in [0.25, 0.3) is 0 Å². The van der Waals surface area contributed by atoms with E-state index < -0.39 is 0 Å². The maximum Gasteiger partial charge on any atom is 0.191 e. The number of alkyl halides is 1. The number of nitrogens with zero attached hydrogens (tertiary/aromatic N) is 1. The minimum atomic E-state index is 0.294. The number of ketones is 1.